The quantitative estimate of drug-likeness (QED) is 0.272. The maximum absolute atomic E-state index is 15.6. The number of hydrogen-bond donors (Lipinski definition) is 3. The maximum atomic E-state index is 15.6. The van der Waals surface area contributed by atoms with E-state index in [0.29, 0.717) is 35.7 Å². The van der Waals surface area contributed by atoms with Gasteiger partial charge in [0.1, 0.15) is 17.3 Å². The molecule has 0 bridgehead atoms. The number of amides is 1. The molecule has 2 aliphatic rings. The first-order valence-corrected chi connectivity index (χ1v) is 17.3. The minimum absolute atomic E-state index is 0.0735. The van der Waals surface area contributed by atoms with Crippen LogP contribution in [0.15, 0.2) is 36.4 Å². The van der Waals surface area contributed by atoms with Crippen LogP contribution in [-0.4, -0.2) is 44.0 Å². The zero-order valence-electron chi connectivity index (χ0n) is 24.1. The average molecular weight is 610 g/mol. The van der Waals surface area contributed by atoms with Crippen LogP contribution in [0.5, 0.6) is 0 Å². The predicted octanol–water partition coefficient (Wildman–Crippen LogP) is 7.36. The zero-order valence-corrected chi connectivity index (χ0v) is 26.6. The van der Waals surface area contributed by atoms with E-state index in [9.17, 15) is 14.7 Å². The first-order chi connectivity index (χ1) is 18.4. The summed E-state index contributed by atoms with van der Waals surface area (Å²) in [6, 6.07) is 7.74. The van der Waals surface area contributed by atoms with Gasteiger partial charge in [-0.1, -0.05) is 76.0 Å². The molecule has 40 heavy (non-hydrogen) atoms. The van der Waals surface area contributed by atoms with E-state index in [-0.39, 0.29) is 26.9 Å². The van der Waals surface area contributed by atoms with Crippen LogP contribution in [0.3, 0.4) is 0 Å². The minimum atomic E-state index is -1.96. The fourth-order valence-electron chi connectivity index (χ4n) is 5.98. The molecule has 4 rings (SSSR count). The summed E-state index contributed by atoms with van der Waals surface area (Å²) in [5.74, 6) is -3.33. The Morgan fingerprint density at radius 2 is 1.82 bits per heavy atom. The number of carboxylic acids is 1. The zero-order chi connectivity index (χ0) is 29.8. The Kier molecular flexibility index (Phi) is 8.28. The van der Waals surface area contributed by atoms with E-state index in [0.717, 1.165) is 0 Å². The number of carbonyl (C=O) groups is 2. The summed E-state index contributed by atoms with van der Waals surface area (Å²) >= 11 is 12.4. The van der Waals surface area contributed by atoms with Crippen LogP contribution in [0.1, 0.15) is 64.5 Å². The molecule has 2 heterocycles. The summed E-state index contributed by atoms with van der Waals surface area (Å²) in [5.41, 5.74) is -0.561. The highest BCUT2D eigenvalue weighted by Gasteiger charge is 2.66. The summed E-state index contributed by atoms with van der Waals surface area (Å²) in [7, 11) is -1.96. The highest BCUT2D eigenvalue weighted by Crippen LogP contribution is 2.57. The largest absolute Gasteiger partial charge is 0.480 e. The highest BCUT2D eigenvalue weighted by atomic mass is 35.5. The second kappa shape index (κ2) is 10.7. The van der Waals surface area contributed by atoms with E-state index in [1.807, 2.05) is 0 Å². The van der Waals surface area contributed by atoms with E-state index < -0.39 is 43.5 Å². The highest BCUT2D eigenvalue weighted by molar-refractivity contribution is 6.74. The maximum Gasteiger partial charge on any atom is 0.321 e. The molecule has 0 aromatic heterocycles. The van der Waals surface area contributed by atoms with Crippen molar-refractivity contribution in [2.45, 2.75) is 89.0 Å². The number of rotatable bonds is 8. The first kappa shape index (κ1) is 31.0. The third-order valence-electron chi connectivity index (χ3n) is 9.19. The van der Waals surface area contributed by atoms with Gasteiger partial charge in [-0.3, -0.25) is 14.9 Å². The number of aliphatic carboxylic acids is 1. The first-order valence-electron chi connectivity index (χ1n) is 13.6. The molecule has 0 aliphatic carbocycles. The van der Waals surface area contributed by atoms with E-state index in [4.69, 9.17) is 27.6 Å². The molecule has 2 aromatic carbocycles. The van der Waals surface area contributed by atoms with Crippen LogP contribution in [0, 0.1) is 11.2 Å². The Labute approximate surface area is 247 Å². The van der Waals surface area contributed by atoms with Crippen LogP contribution in [0.2, 0.25) is 28.2 Å². The lowest BCUT2D eigenvalue weighted by Crippen LogP contribution is -2.50. The summed E-state index contributed by atoms with van der Waals surface area (Å²) < 4.78 is 22.1. The normalized spacial score (nSPS) is 24.9. The van der Waals surface area contributed by atoms with Gasteiger partial charge in [0.2, 0.25) is 5.91 Å². The molecule has 1 spiro atoms. The number of anilines is 1. The van der Waals surface area contributed by atoms with Crippen molar-refractivity contribution < 1.29 is 23.5 Å². The van der Waals surface area contributed by atoms with Gasteiger partial charge in [-0.2, -0.15) is 0 Å². The molecule has 218 valence electrons. The van der Waals surface area contributed by atoms with E-state index >= 15 is 4.39 Å². The molecule has 6 nitrogen and oxygen atoms in total. The van der Waals surface area contributed by atoms with Crippen molar-refractivity contribution in [1.82, 2.24) is 5.32 Å². The average Bonchev–Trinajstić information content (AvgIpc) is 3.29. The fourth-order valence-corrected chi connectivity index (χ4v) is 7.38. The van der Waals surface area contributed by atoms with Gasteiger partial charge in [0, 0.05) is 29.3 Å². The van der Waals surface area contributed by atoms with Crippen molar-refractivity contribution in [3.63, 3.8) is 0 Å². The summed E-state index contributed by atoms with van der Waals surface area (Å²) in [5, 5.41) is 16.9. The molecular formula is C30H39Cl2FN2O4Si. The number of nitrogens with one attached hydrogen (secondary N) is 2. The van der Waals surface area contributed by atoms with E-state index in [2.05, 4.69) is 58.3 Å². The lowest BCUT2D eigenvalue weighted by Gasteiger charge is -2.40. The number of carbonyl (C=O) groups excluding carboxylic acids is 1. The second-order valence-electron chi connectivity index (χ2n) is 13.4. The van der Waals surface area contributed by atoms with Crippen molar-refractivity contribution >= 4 is 49.1 Å². The van der Waals surface area contributed by atoms with Crippen LogP contribution < -0.4 is 10.6 Å². The number of benzene rings is 2. The molecule has 3 N–H and O–H groups in total. The molecule has 10 heteroatoms. The van der Waals surface area contributed by atoms with Gasteiger partial charge in [0.05, 0.1) is 5.02 Å². The Morgan fingerprint density at radius 3 is 2.45 bits per heavy atom. The summed E-state index contributed by atoms with van der Waals surface area (Å²) in [4.78, 5) is 26.8. The van der Waals surface area contributed by atoms with Crippen molar-refractivity contribution in [3.05, 3.63) is 63.4 Å². The Morgan fingerprint density at radius 1 is 1.15 bits per heavy atom. The third kappa shape index (κ3) is 5.33. The SMILES string of the molecule is CC(C)(CCO[Si](C)(C)C(C)(C)C)C[C@@H]1N[C@@H](C(=O)O)[C@H](c2cccc(Cl)c2F)[C@]12C(=O)Nc1cc(Cl)ccc12. The Balaban J connectivity index is 1.79. The number of hydrogen-bond acceptors (Lipinski definition) is 4. The number of halogens is 3. The van der Waals surface area contributed by atoms with Crippen LogP contribution >= 0.6 is 23.2 Å². The van der Waals surface area contributed by atoms with Crippen molar-refractivity contribution in [2.24, 2.45) is 5.41 Å². The summed E-state index contributed by atoms with van der Waals surface area (Å²) in [6.45, 7) is 15.7. The molecule has 2 aliphatic heterocycles. The molecular weight excluding hydrogens is 570 g/mol. The van der Waals surface area contributed by atoms with E-state index in [1.165, 1.54) is 12.1 Å². The molecule has 1 saturated heterocycles. The Hall–Kier alpha value is -1.97. The second-order valence-corrected chi connectivity index (χ2v) is 19.0. The van der Waals surface area contributed by atoms with Gasteiger partial charge in [-0.25, -0.2) is 4.39 Å². The van der Waals surface area contributed by atoms with Gasteiger partial charge >= 0.3 is 5.97 Å². The Bertz CT molecular complexity index is 1330. The molecule has 2 aromatic rings. The van der Waals surface area contributed by atoms with Gasteiger partial charge < -0.3 is 14.8 Å². The predicted molar refractivity (Wildman–Crippen MR) is 160 cm³/mol. The topological polar surface area (TPSA) is 87.7 Å². The van der Waals surface area contributed by atoms with Gasteiger partial charge in [-0.05, 0) is 65.7 Å². The lowest BCUT2D eigenvalue weighted by molar-refractivity contribution is -0.139. The molecule has 1 amide bonds. The standard InChI is InChI=1S/C30H39Cl2FN2O4Si/c1-28(2,3)40(6,7)39-14-13-29(4,5)16-22-30(19-12-11-17(31)15-21(19)34-27(30)38)23(25(35-22)26(36)37)18-9-8-10-20(32)24(18)33/h8-12,15,22-23,25,35H,13-14,16H2,1-7H3,(H,34,38)(H,36,37)/t22-,23-,25+,30+/m0/s1. The number of fused-ring (bicyclic) bond motifs is 2. The van der Waals surface area contributed by atoms with Crippen molar-refractivity contribution in [2.75, 3.05) is 11.9 Å². The van der Waals surface area contributed by atoms with Gasteiger partial charge in [-0.15, -0.1) is 0 Å². The van der Waals surface area contributed by atoms with Crippen molar-refractivity contribution in [3.8, 4) is 0 Å². The molecule has 0 unspecified atom stereocenters. The molecule has 0 saturated carbocycles. The summed E-state index contributed by atoms with van der Waals surface area (Å²) in [6.07, 6.45) is 1.16. The molecule has 1 fully saturated rings. The fraction of sp³-hybridized carbons (Fsp3) is 0.533. The monoisotopic (exact) mass is 608 g/mol. The molecule has 4 atom stereocenters. The van der Waals surface area contributed by atoms with E-state index in [1.54, 1.807) is 24.3 Å². The number of carboxylic acid groups (broad SMARTS) is 1. The minimum Gasteiger partial charge on any atom is -0.480 e. The van der Waals surface area contributed by atoms with Crippen LogP contribution in [0.25, 0.3) is 0 Å². The third-order valence-corrected chi connectivity index (χ3v) is 14.3. The van der Waals surface area contributed by atoms with Gasteiger partial charge in [0.25, 0.3) is 0 Å². The molecule has 0 radical (unpaired) electrons. The van der Waals surface area contributed by atoms with Crippen molar-refractivity contribution in [1.29, 1.82) is 0 Å². The lowest BCUT2D eigenvalue weighted by atomic mass is 9.62. The van der Waals surface area contributed by atoms with Gasteiger partial charge in [0.15, 0.2) is 8.32 Å². The van der Waals surface area contributed by atoms with Crippen LogP contribution in [0.4, 0.5) is 10.1 Å². The smallest absolute Gasteiger partial charge is 0.321 e. The van der Waals surface area contributed by atoms with Crippen LogP contribution in [-0.2, 0) is 19.4 Å².